The van der Waals surface area contributed by atoms with E-state index in [0.29, 0.717) is 6.04 Å². The zero-order valence-electron chi connectivity index (χ0n) is 9.88. The second-order valence-electron chi connectivity index (χ2n) is 4.43. The Balaban J connectivity index is 2.08. The summed E-state index contributed by atoms with van der Waals surface area (Å²) in [4.78, 5) is 0. The fourth-order valence-electron chi connectivity index (χ4n) is 2.35. The molecule has 2 unspecified atom stereocenters. The molecule has 2 rings (SSSR count). The first-order valence-corrected chi connectivity index (χ1v) is 6.74. The predicted molar refractivity (Wildman–Crippen MR) is 70.8 cm³/mol. The number of hydrogen-bond donors (Lipinski definition) is 1. The topological polar surface area (TPSA) is 21.3 Å². The number of nitrogens with one attached hydrogen (secondary N) is 1. The van der Waals surface area contributed by atoms with Gasteiger partial charge in [0.15, 0.2) is 0 Å². The minimum Gasteiger partial charge on any atom is -0.379 e. The van der Waals surface area contributed by atoms with Crippen LogP contribution in [0.3, 0.4) is 0 Å². The molecule has 0 spiro atoms. The molecule has 0 amide bonds. The lowest BCUT2D eigenvalue weighted by atomic mass is 9.92. The first-order chi connectivity index (χ1) is 8.20. The maximum Gasteiger partial charge on any atom is 0.124 e. The second-order valence-corrected chi connectivity index (χ2v) is 5.29. The van der Waals surface area contributed by atoms with Gasteiger partial charge in [0.05, 0.1) is 12.1 Å². The summed E-state index contributed by atoms with van der Waals surface area (Å²) in [7, 11) is 1.75. The smallest absolute Gasteiger partial charge is 0.124 e. The molecule has 1 saturated carbocycles. The van der Waals surface area contributed by atoms with Crippen LogP contribution in [0, 0.1) is 5.82 Å². The van der Waals surface area contributed by atoms with E-state index in [1.165, 1.54) is 25.0 Å². The SMILES string of the molecule is COC1CCCCC1Nc1ccc(F)cc1Br. The van der Waals surface area contributed by atoms with Gasteiger partial charge in [-0.1, -0.05) is 12.8 Å². The molecule has 0 aromatic heterocycles. The number of benzene rings is 1. The maximum absolute atomic E-state index is 13.0. The van der Waals surface area contributed by atoms with E-state index < -0.39 is 0 Å². The molecule has 4 heteroatoms. The summed E-state index contributed by atoms with van der Waals surface area (Å²) >= 11 is 3.37. The highest BCUT2D eigenvalue weighted by molar-refractivity contribution is 9.10. The lowest BCUT2D eigenvalue weighted by Crippen LogP contribution is -2.37. The van der Waals surface area contributed by atoms with Crippen LogP contribution in [0.15, 0.2) is 22.7 Å². The Kier molecular flexibility index (Phi) is 4.40. The second kappa shape index (κ2) is 5.83. The van der Waals surface area contributed by atoms with Crippen LogP contribution in [0.5, 0.6) is 0 Å². The van der Waals surface area contributed by atoms with Crippen molar-refractivity contribution in [2.45, 2.75) is 37.8 Å². The molecular formula is C13H17BrFNO. The molecule has 0 bridgehead atoms. The van der Waals surface area contributed by atoms with Gasteiger partial charge in [-0.2, -0.15) is 0 Å². The van der Waals surface area contributed by atoms with Gasteiger partial charge in [-0.25, -0.2) is 4.39 Å². The van der Waals surface area contributed by atoms with Gasteiger partial charge in [-0.3, -0.25) is 0 Å². The summed E-state index contributed by atoms with van der Waals surface area (Å²) < 4.78 is 19.2. The maximum atomic E-state index is 13.0. The molecule has 1 aromatic rings. The lowest BCUT2D eigenvalue weighted by Gasteiger charge is -2.32. The Morgan fingerprint density at radius 3 is 2.82 bits per heavy atom. The number of rotatable bonds is 3. The molecule has 1 aliphatic rings. The van der Waals surface area contributed by atoms with Crippen LogP contribution in [-0.2, 0) is 4.74 Å². The molecule has 17 heavy (non-hydrogen) atoms. The van der Waals surface area contributed by atoms with Crippen molar-refractivity contribution >= 4 is 21.6 Å². The fourth-order valence-corrected chi connectivity index (χ4v) is 2.82. The third-order valence-electron chi connectivity index (χ3n) is 3.28. The van der Waals surface area contributed by atoms with E-state index in [0.717, 1.165) is 23.0 Å². The van der Waals surface area contributed by atoms with Crippen LogP contribution in [0.4, 0.5) is 10.1 Å². The summed E-state index contributed by atoms with van der Waals surface area (Å²) in [5.74, 6) is -0.227. The zero-order valence-corrected chi connectivity index (χ0v) is 11.5. The van der Waals surface area contributed by atoms with Gasteiger partial charge in [-0.15, -0.1) is 0 Å². The number of anilines is 1. The Labute approximate surface area is 110 Å². The largest absolute Gasteiger partial charge is 0.379 e. The van der Waals surface area contributed by atoms with Crippen LogP contribution < -0.4 is 5.32 Å². The van der Waals surface area contributed by atoms with Crippen molar-refractivity contribution in [2.24, 2.45) is 0 Å². The molecule has 1 N–H and O–H groups in total. The van der Waals surface area contributed by atoms with Crippen molar-refractivity contribution in [3.63, 3.8) is 0 Å². The number of ether oxygens (including phenoxy) is 1. The standard InChI is InChI=1S/C13H17BrFNO/c1-17-13-5-3-2-4-12(13)16-11-7-6-9(15)8-10(11)14/h6-8,12-13,16H,2-5H2,1H3. The highest BCUT2D eigenvalue weighted by Gasteiger charge is 2.25. The van der Waals surface area contributed by atoms with E-state index in [1.807, 2.05) is 0 Å². The minimum absolute atomic E-state index is 0.227. The first-order valence-electron chi connectivity index (χ1n) is 5.95. The van der Waals surface area contributed by atoms with Crippen molar-refractivity contribution in [2.75, 3.05) is 12.4 Å². The van der Waals surface area contributed by atoms with Gasteiger partial charge in [0, 0.05) is 17.3 Å². The third-order valence-corrected chi connectivity index (χ3v) is 3.93. The Bertz CT molecular complexity index is 386. The Morgan fingerprint density at radius 1 is 1.35 bits per heavy atom. The molecular weight excluding hydrogens is 285 g/mol. The zero-order chi connectivity index (χ0) is 12.3. The molecule has 94 valence electrons. The van der Waals surface area contributed by atoms with E-state index in [2.05, 4.69) is 21.2 Å². The monoisotopic (exact) mass is 301 g/mol. The van der Waals surface area contributed by atoms with Crippen molar-refractivity contribution in [3.8, 4) is 0 Å². The van der Waals surface area contributed by atoms with Gasteiger partial charge in [0.2, 0.25) is 0 Å². The van der Waals surface area contributed by atoms with Crippen molar-refractivity contribution < 1.29 is 9.13 Å². The molecule has 1 aromatic carbocycles. The van der Waals surface area contributed by atoms with Gasteiger partial charge < -0.3 is 10.1 Å². The Hall–Kier alpha value is -0.610. The molecule has 0 heterocycles. The lowest BCUT2D eigenvalue weighted by molar-refractivity contribution is 0.0606. The van der Waals surface area contributed by atoms with Gasteiger partial charge in [-0.05, 0) is 47.0 Å². The average molecular weight is 302 g/mol. The average Bonchev–Trinajstić information content (AvgIpc) is 2.33. The number of halogens is 2. The van der Waals surface area contributed by atoms with Crippen LogP contribution in [0.2, 0.25) is 0 Å². The van der Waals surface area contributed by atoms with Crippen molar-refractivity contribution in [3.05, 3.63) is 28.5 Å². The van der Waals surface area contributed by atoms with E-state index >= 15 is 0 Å². The van der Waals surface area contributed by atoms with Crippen LogP contribution >= 0.6 is 15.9 Å². The number of methoxy groups -OCH3 is 1. The normalized spacial score (nSPS) is 24.6. The van der Waals surface area contributed by atoms with Crippen LogP contribution in [0.1, 0.15) is 25.7 Å². The highest BCUT2D eigenvalue weighted by Crippen LogP contribution is 2.28. The molecule has 0 radical (unpaired) electrons. The Morgan fingerprint density at radius 2 is 2.12 bits per heavy atom. The van der Waals surface area contributed by atoms with E-state index in [-0.39, 0.29) is 11.9 Å². The fraction of sp³-hybridized carbons (Fsp3) is 0.538. The van der Waals surface area contributed by atoms with E-state index in [1.54, 1.807) is 13.2 Å². The predicted octanol–water partition coefficient (Wildman–Crippen LogP) is 3.96. The number of hydrogen-bond acceptors (Lipinski definition) is 2. The minimum atomic E-state index is -0.227. The summed E-state index contributed by atoms with van der Waals surface area (Å²) in [6, 6.07) is 5.03. The van der Waals surface area contributed by atoms with Crippen molar-refractivity contribution in [1.29, 1.82) is 0 Å². The summed E-state index contributed by atoms with van der Waals surface area (Å²) in [5, 5.41) is 3.44. The molecule has 1 fully saturated rings. The summed E-state index contributed by atoms with van der Waals surface area (Å²) in [6.07, 6.45) is 4.88. The van der Waals surface area contributed by atoms with Gasteiger partial charge in [0.1, 0.15) is 5.82 Å². The molecule has 0 aliphatic heterocycles. The summed E-state index contributed by atoms with van der Waals surface area (Å²) in [5.41, 5.74) is 0.931. The summed E-state index contributed by atoms with van der Waals surface area (Å²) in [6.45, 7) is 0. The van der Waals surface area contributed by atoms with Crippen molar-refractivity contribution in [1.82, 2.24) is 0 Å². The van der Waals surface area contributed by atoms with E-state index in [9.17, 15) is 4.39 Å². The highest BCUT2D eigenvalue weighted by atomic mass is 79.9. The molecule has 0 saturated heterocycles. The van der Waals surface area contributed by atoms with Crippen LogP contribution in [0.25, 0.3) is 0 Å². The van der Waals surface area contributed by atoms with Gasteiger partial charge >= 0.3 is 0 Å². The van der Waals surface area contributed by atoms with Gasteiger partial charge in [0.25, 0.3) is 0 Å². The quantitative estimate of drug-likeness (QED) is 0.912. The molecule has 2 atom stereocenters. The third kappa shape index (κ3) is 3.19. The molecule has 2 nitrogen and oxygen atoms in total. The van der Waals surface area contributed by atoms with E-state index in [4.69, 9.17) is 4.74 Å². The van der Waals surface area contributed by atoms with Crippen LogP contribution in [-0.4, -0.2) is 19.3 Å². The first kappa shape index (κ1) is 12.8. The molecule has 1 aliphatic carbocycles.